The number of hydrogen-bond acceptors (Lipinski definition) is 6. The predicted molar refractivity (Wildman–Crippen MR) is 114 cm³/mol. The van der Waals surface area contributed by atoms with E-state index in [9.17, 15) is 0 Å². The van der Waals surface area contributed by atoms with E-state index in [-0.39, 0.29) is 5.37 Å². The molecule has 144 valence electrons. The molecule has 0 N–H and O–H groups in total. The van der Waals surface area contributed by atoms with Crippen LogP contribution in [0.25, 0.3) is 5.69 Å². The third-order valence-corrected chi connectivity index (χ3v) is 7.24. The summed E-state index contributed by atoms with van der Waals surface area (Å²) in [5.41, 5.74) is 2.91. The highest BCUT2D eigenvalue weighted by atomic mass is 35.5. The van der Waals surface area contributed by atoms with Gasteiger partial charge in [-0.3, -0.25) is 5.01 Å². The van der Waals surface area contributed by atoms with Gasteiger partial charge in [-0.25, -0.2) is 9.36 Å². The number of hydrogen-bond donors (Lipinski definition) is 0. The van der Waals surface area contributed by atoms with Gasteiger partial charge < -0.3 is 0 Å². The second-order valence-corrected chi connectivity index (χ2v) is 9.54. The molecule has 0 fully saturated rings. The van der Waals surface area contributed by atoms with Crippen LogP contribution < -0.4 is 5.01 Å². The van der Waals surface area contributed by atoms with Gasteiger partial charge in [0.1, 0.15) is 15.6 Å². The highest BCUT2D eigenvalue weighted by molar-refractivity contribution is 8.07. The molecule has 0 amide bonds. The SMILES string of the molecule is Cc1nn(-c2ccccc2)c(Cl)c1C1SC=C2Sc3nnc(CC(C)C)n3N21. The Hall–Kier alpha value is -1.90. The van der Waals surface area contributed by atoms with Crippen molar-refractivity contribution in [2.24, 2.45) is 5.92 Å². The van der Waals surface area contributed by atoms with Crippen LogP contribution in [0.5, 0.6) is 0 Å². The molecule has 0 bridgehead atoms. The Kier molecular flexibility index (Phi) is 4.45. The largest absolute Gasteiger partial charge is 0.252 e. The molecule has 4 heterocycles. The van der Waals surface area contributed by atoms with Gasteiger partial charge in [-0.1, -0.05) is 55.4 Å². The minimum atomic E-state index is 0.00984. The number of benzene rings is 1. The van der Waals surface area contributed by atoms with Crippen molar-refractivity contribution in [2.45, 2.75) is 37.7 Å². The molecule has 9 heteroatoms. The van der Waals surface area contributed by atoms with E-state index in [1.54, 1.807) is 23.5 Å². The zero-order valence-corrected chi connectivity index (χ0v) is 18.1. The number of halogens is 1. The van der Waals surface area contributed by atoms with Crippen molar-refractivity contribution in [1.29, 1.82) is 0 Å². The first-order chi connectivity index (χ1) is 13.5. The fourth-order valence-corrected chi connectivity index (χ4v) is 6.30. The van der Waals surface area contributed by atoms with Gasteiger partial charge in [-0.05, 0) is 36.7 Å². The molecule has 0 aliphatic carbocycles. The molecule has 6 nitrogen and oxygen atoms in total. The topological polar surface area (TPSA) is 51.8 Å². The summed E-state index contributed by atoms with van der Waals surface area (Å²) in [6.07, 6.45) is 0.880. The molecule has 1 atom stereocenters. The standard InChI is InChI=1S/C19H19ClN6S2/c1-11(2)9-14-21-22-19-25(14)26-15(28-19)10-27-18(26)16-12(3)23-24(17(16)20)13-7-5-4-6-8-13/h4-8,10-11,18H,9H2,1-3H3. The highest BCUT2D eigenvalue weighted by Crippen LogP contribution is 2.53. The van der Waals surface area contributed by atoms with E-state index in [0.29, 0.717) is 11.1 Å². The summed E-state index contributed by atoms with van der Waals surface area (Å²) in [5, 5.41) is 20.7. The van der Waals surface area contributed by atoms with Crippen LogP contribution in [0.1, 0.15) is 36.3 Å². The van der Waals surface area contributed by atoms with Crippen LogP contribution in [0, 0.1) is 12.8 Å². The summed E-state index contributed by atoms with van der Waals surface area (Å²) in [5.74, 6) is 1.49. The Morgan fingerprint density at radius 2 is 1.96 bits per heavy atom. The molecule has 1 aromatic carbocycles. The van der Waals surface area contributed by atoms with E-state index in [2.05, 4.69) is 39.1 Å². The van der Waals surface area contributed by atoms with Gasteiger partial charge >= 0.3 is 0 Å². The molecule has 3 aromatic rings. The first-order valence-electron chi connectivity index (χ1n) is 9.12. The smallest absolute Gasteiger partial charge is 0.216 e. The molecule has 28 heavy (non-hydrogen) atoms. The lowest BCUT2D eigenvalue weighted by molar-refractivity contribution is 0.551. The van der Waals surface area contributed by atoms with Crippen molar-refractivity contribution in [1.82, 2.24) is 24.7 Å². The van der Waals surface area contributed by atoms with Gasteiger partial charge in [0.05, 0.1) is 11.4 Å². The summed E-state index contributed by atoms with van der Waals surface area (Å²) < 4.78 is 3.97. The third-order valence-electron chi connectivity index (χ3n) is 4.72. The van der Waals surface area contributed by atoms with E-state index in [1.807, 2.05) is 41.9 Å². The molecule has 2 aliphatic heterocycles. The lowest BCUT2D eigenvalue weighted by Crippen LogP contribution is -2.31. The van der Waals surface area contributed by atoms with E-state index in [4.69, 9.17) is 16.7 Å². The molecule has 1 unspecified atom stereocenters. The van der Waals surface area contributed by atoms with E-state index >= 15 is 0 Å². The van der Waals surface area contributed by atoms with E-state index in [1.165, 1.54) is 0 Å². The van der Waals surface area contributed by atoms with Gasteiger partial charge in [-0.2, -0.15) is 5.10 Å². The minimum Gasteiger partial charge on any atom is -0.252 e. The summed E-state index contributed by atoms with van der Waals surface area (Å²) in [6, 6.07) is 9.99. The summed E-state index contributed by atoms with van der Waals surface area (Å²) in [7, 11) is 0. The Morgan fingerprint density at radius 1 is 1.18 bits per heavy atom. The van der Waals surface area contributed by atoms with Gasteiger partial charge in [0, 0.05) is 17.4 Å². The van der Waals surface area contributed by atoms with Gasteiger partial charge in [0.2, 0.25) is 5.16 Å². The van der Waals surface area contributed by atoms with Crippen molar-refractivity contribution in [3.8, 4) is 5.69 Å². The quantitative estimate of drug-likeness (QED) is 0.586. The summed E-state index contributed by atoms with van der Waals surface area (Å²) in [4.78, 5) is 0. The first-order valence-corrected chi connectivity index (χ1v) is 11.3. The average molecular weight is 431 g/mol. The number of thioether (sulfide) groups is 2. The fourth-order valence-electron chi connectivity index (χ4n) is 3.51. The Bertz CT molecular complexity index is 1070. The zero-order chi connectivity index (χ0) is 19.4. The highest BCUT2D eigenvalue weighted by Gasteiger charge is 2.42. The van der Waals surface area contributed by atoms with Crippen LogP contribution in [-0.4, -0.2) is 24.7 Å². The monoisotopic (exact) mass is 430 g/mol. The van der Waals surface area contributed by atoms with Crippen molar-refractivity contribution >= 4 is 35.1 Å². The number of nitrogens with zero attached hydrogens (tertiary/aromatic N) is 6. The van der Waals surface area contributed by atoms with Crippen molar-refractivity contribution in [2.75, 3.05) is 5.01 Å². The lowest BCUT2D eigenvalue weighted by Gasteiger charge is -2.26. The molecule has 2 aliphatic rings. The predicted octanol–water partition coefficient (Wildman–Crippen LogP) is 4.91. The molecule has 0 spiro atoms. The molecule has 5 rings (SSSR count). The van der Waals surface area contributed by atoms with Crippen LogP contribution >= 0.6 is 35.1 Å². The molecule has 0 saturated heterocycles. The Balaban J connectivity index is 1.57. The zero-order valence-electron chi connectivity index (χ0n) is 15.7. The number of para-hydroxylation sites is 1. The molecule has 0 radical (unpaired) electrons. The molecule has 2 aromatic heterocycles. The summed E-state index contributed by atoms with van der Waals surface area (Å²) in [6.45, 7) is 6.41. The van der Waals surface area contributed by atoms with E-state index < -0.39 is 0 Å². The van der Waals surface area contributed by atoms with Crippen LogP contribution in [0.15, 0.2) is 45.9 Å². The lowest BCUT2D eigenvalue weighted by atomic mass is 10.1. The maximum atomic E-state index is 6.85. The first kappa shape index (κ1) is 18.1. The van der Waals surface area contributed by atoms with Crippen molar-refractivity contribution < 1.29 is 0 Å². The fraction of sp³-hybridized carbons (Fsp3) is 0.316. The van der Waals surface area contributed by atoms with E-state index in [0.717, 1.165) is 39.4 Å². The number of aromatic nitrogens is 5. The van der Waals surface area contributed by atoms with Crippen LogP contribution in [0.3, 0.4) is 0 Å². The van der Waals surface area contributed by atoms with Crippen LogP contribution in [0.2, 0.25) is 5.15 Å². The van der Waals surface area contributed by atoms with Crippen LogP contribution in [0.4, 0.5) is 0 Å². The minimum absolute atomic E-state index is 0.00984. The Labute approximate surface area is 176 Å². The molecule has 0 saturated carbocycles. The number of aryl methyl sites for hydroxylation is 1. The van der Waals surface area contributed by atoms with Crippen molar-refractivity contribution in [3.05, 3.63) is 63.0 Å². The van der Waals surface area contributed by atoms with Gasteiger partial charge in [-0.15, -0.1) is 10.2 Å². The van der Waals surface area contributed by atoms with Gasteiger partial charge in [0.25, 0.3) is 0 Å². The van der Waals surface area contributed by atoms with Crippen molar-refractivity contribution in [3.63, 3.8) is 0 Å². The second kappa shape index (κ2) is 6.86. The average Bonchev–Trinajstić information content (AvgIpc) is 3.38. The maximum Gasteiger partial charge on any atom is 0.216 e. The summed E-state index contributed by atoms with van der Waals surface area (Å²) >= 11 is 10.3. The van der Waals surface area contributed by atoms with Gasteiger partial charge in [0.15, 0.2) is 5.82 Å². The second-order valence-electron chi connectivity index (χ2n) is 7.24. The molecular weight excluding hydrogens is 412 g/mol. The normalized spacial score (nSPS) is 18.0. The van der Waals surface area contributed by atoms with Crippen LogP contribution in [-0.2, 0) is 6.42 Å². The molecular formula is C19H19ClN6S2. The number of rotatable bonds is 4. The third kappa shape index (κ3) is 2.77. The number of fused-ring (bicyclic) bond motifs is 3. The Morgan fingerprint density at radius 3 is 2.71 bits per heavy atom. The maximum absolute atomic E-state index is 6.85.